The number of nitrogens with zero attached hydrogens (tertiary/aromatic N) is 1. The van der Waals surface area contributed by atoms with Crippen molar-refractivity contribution in [2.45, 2.75) is 32.2 Å². The van der Waals surface area contributed by atoms with E-state index in [0.717, 1.165) is 12.0 Å². The van der Waals surface area contributed by atoms with Crippen LogP contribution in [-0.4, -0.2) is 60.0 Å². The minimum Gasteiger partial charge on any atom is -0.497 e. The van der Waals surface area contributed by atoms with Crippen LogP contribution in [-0.2, 0) is 14.3 Å². The molecule has 2 aromatic carbocycles. The molecule has 9 nitrogen and oxygen atoms in total. The van der Waals surface area contributed by atoms with Gasteiger partial charge in [-0.1, -0.05) is 12.1 Å². The smallest absolute Gasteiger partial charge is 0.227 e. The van der Waals surface area contributed by atoms with Crippen LogP contribution in [0.5, 0.6) is 23.0 Å². The van der Waals surface area contributed by atoms with Crippen LogP contribution in [0.3, 0.4) is 0 Å². The highest BCUT2D eigenvalue weighted by molar-refractivity contribution is 5.98. The molecule has 0 aliphatic carbocycles. The molecule has 196 valence electrons. The van der Waals surface area contributed by atoms with Gasteiger partial charge in [0.05, 0.1) is 46.1 Å². The van der Waals surface area contributed by atoms with Crippen LogP contribution < -0.4 is 29.2 Å². The first kappa shape index (κ1) is 27.1. The molecule has 1 aliphatic heterocycles. The summed E-state index contributed by atoms with van der Waals surface area (Å²) < 4.78 is 27.2. The SMILES string of the molecule is CCOCCCNC(=O)C1CCC(=O)N(c2cc(OC)c(OC)c(OC)c2)C1c1ccc(OC)cc1. The van der Waals surface area contributed by atoms with Gasteiger partial charge < -0.3 is 33.9 Å². The molecule has 2 atom stereocenters. The number of ether oxygens (including phenoxy) is 5. The van der Waals surface area contributed by atoms with E-state index in [1.54, 1.807) is 24.1 Å². The van der Waals surface area contributed by atoms with Crippen molar-refractivity contribution < 1.29 is 33.3 Å². The number of piperidine rings is 1. The van der Waals surface area contributed by atoms with E-state index >= 15 is 0 Å². The molecule has 0 aromatic heterocycles. The van der Waals surface area contributed by atoms with Gasteiger partial charge in [-0.25, -0.2) is 0 Å². The Labute approximate surface area is 212 Å². The summed E-state index contributed by atoms with van der Waals surface area (Å²) in [6.07, 6.45) is 1.39. The zero-order chi connectivity index (χ0) is 26.1. The first-order valence-corrected chi connectivity index (χ1v) is 12.1. The number of benzene rings is 2. The quantitative estimate of drug-likeness (QED) is 0.444. The second kappa shape index (κ2) is 13.0. The van der Waals surface area contributed by atoms with Crippen molar-refractivity contribution in [3.63, 3.8) is 0 Å². The van der Waals surface area contributed by atoms with E-state index in [9.17, 15) is 9.59 Å². The minimum atomic E-state index is -0.535. The molecule has 0 bridgehead atoms. The van der Waals surface area contributed by atoms with Crippen LogP contribution in [0.15, 0.2) is 36.4 Å². The average molecular weight is 501 g/mol. The minimum absolute atomic E-state index is 0.0921. The Bertz CT molecular complexity index is 1000. The molecule has 1 N–H and O–H groups in total. The molecule has 1 saturated heterocycles. The summed E-state index contributed by atoms with van der Waals surface area (Å²) in [4.78, 5) is 28.4. The van der Waals surface area contributed by atoms with E-state index in [4.69, 9.17) is 23.7 Å². The van der Waals surface area contributed by atoms with Crippen LogP contribution in [0.25, 0.3) is 0 Å². The van der Waals surface area contributed by atoms with Gasteiger partial charge in [-0.2, -0.15) is 0 Å². The van der Waals surface area contributed by atoms with Crippen molar-refractivity contribution in [3.8, 4) is 23.0 Å². The highest BCUT2D eigenvalue weighted by Crippen LogP contribution is 2.46. The number of rotatable bonds is 12. The van der Waals surface area contributed by atoms with Crippen molar-refractivity contribution in [2.75, 3.05) is 53.1 Å². The number of carbonyl (C=O) groups excluding carboxylic acids is 2. The van der Waals surface area contributed by atoms with Gasteiger partial charge >= 0.3 is 0 Å². The Morgan fingerprint density at radius 2 is 1.67 bits per heavy atom. The van der Waals surface area contributed by atoms with E-state index < -0.39 is 12.0 Å². The summed E-state index contributed by atoms with van der Waals surface area (Å²) in [5.74, 6) is 1.33. The molecular formula is C27H36N2O7. The molecule has 36 heavy (non-hydrogen) atoms. The lowest BCUT2D eigenvalue weighted by Crippen LogP contribution is -2.48. The lowest BCUT2D eigenvalue weighted by atomic mass is 9.83. The molecule has 2 unspecified atom stereocenters. The molecule has 0 saturated carbocycles. The predicted molar refractivity (Wildman–Crippen MR) is 136 cm³/mol. The highest BCUT2D eigenvalue weighted by Gasteiger charge is 2.42. The van der Waals surface area contributed by atoms with E-state index in [2.05, 4.69) is 5.32 Å². The first-order valence-electron chi connectivity index (χ1n) is 12.1. The van der Waals surface area contributed by atoms with Crippen molar-refractivity contribution in [1.29, 1.82) is 0 Å². The van der Waals surface area contributed by atoms with Crippen LogP contribution in [0.4, 0.5) is 5.69 Å². The fraction of sp³-hybridized carbons (Fsp3) is 0.481. The van der Waals surface area contributed by atoms with Crippen LogP contribution >= 0.6 is 0 Å². The third kappa shape index (κ3) is 6.02. The second-order valence-electron chi connectivity index (χ2n) is 8.35. The Morgan fingerprint density at radius 1 is 1.00 bits per heavy atom. The zero-order valence-corrected chi connectivity index (χ0v) is 21.7. The third-order valence-corrected chi connectivity index (χ3v) is 6.29. The number of methoxy groups -OCH3 is 4. The summed E-state index contributed by atoms with van der Waals surface area (Å²) in [7, 11) is 6.18. The number of nitrogens with one attached hydrogen (secondary N) is 1. The van der Waals surface area contributed by atoms with Gasteiger partial charge in [0.15, 0.2) is 11.5 Å². The Hall–Kier alpha value is -3.46. The molecule has 1 heterocycles. The van der Waals surface area contributed by atoms with Gasteiger partial charge in [0.2, 0.25) is 17.6 Å². The maximum Gasteiger partial charge on any atom is 0.227 e. The predicted octanol–water partition coefficient (Wildman–Crippen LogP) is 3.75. The lowest BCUT2D eigenvalue weighted by Gasteiger charge is -2.41. The van der Waals surface area contributed by atoms with E-state index in [1.807, 2.05) is 31.2 Å². The maximum absolute atomic E-state index is 13.4. The number of hydrogen-bond acceptors (Lipinski definition) is 7. The van der Waals surface area contributed by atoms with Gasteiger partial charge in [0, 0.05) is 38.3 Å². The largest absolute Gasteiger partial charge is 0.497 e. The zero-order valence-electron chi connectivity index (χ0n) is 21.7. The topological polar surface area (TPSA) is 95.6 Å². The molecule has 2 aromatic rings. The van der Waals surface area contributed by atoms with Crippen LogP contribution in [0.1, 0.15) is 37.8 Å². The molecule has 9 heteroatoms. The molecule has 0 spiro atoms. The van der Waals surface area contributed by atoms with Crippen LogP contribution in [0, 0.1) is 5.92 Å². The van der Waals surface area contributed by atoms with E-state index in [1.165, 1.54) is 21.3 Å². The van der Waals surface area contributed by atoms with Crippen molar-refractivity contribution in [1.82, 2.24) is 5.32 Å². The molecule has 0 radical (unpaired) electrons. The second-order valence-corrected chi connectivity index (χ2v) is 8.35. The summed E-state index contributed by atoms with van der Waals surface area (Å²) in [5.41, 5.74) is 1.39. The van der Waals surface area contributed by atoms with Gasteiger partial charge in [-0.3, -0.25) is 9.59 Å². The van der Waals surface area contributed by atoms with E-state index in [-0.39, 0.29) is 18.2 Å². The first-order chi connectivity index (χ1) is 17.5. The fourth-order valence-electron chi connectivity index (χ4n) is 4.52. The average Bonchev–Trinajstić information content (AvgIpc) is 2.91. The molecule has 1 aliphatic rings. The summed E-state index contributed by atoms with van der Waals surface area (Å²) in [6, 6.07) is 10.4. The summed E-state index contributed by atoms with van der Waals surface area (Å²) in [5, 5.41) is 3.03. The van der Waals surface area contributed by atoms with Crippen LogP contribution in [0.2, 0.25) is 0 Å². The normalized spacial score (nSPS) is 17.5. The maximum atomic E-state index is 13.4. The Balaban J connectivity index is 2.03. The molecule has 2 amide bonds. The molecule has 3 rings (SSSR count). The van der Waals surface area contributed by atoms with Gasteiger partial charge in [-0.05, 0) is 37.5 Å². The van der Waals surface area contributed by atoms with Crippen molar-refractivity contribution in [2.24, 2.45) is 5.92 Å². The fourth-order valence-corrected chi connectivity index (χ4v) is 4.52. The van der Waals surface area contributed by atoms with Gasteiger partial charge in [-0.15, -0.1) is 0 Å². The molecular weight excluding hydrogens is 464 g/mol. The summed E-state index contributed by atoms with van der Waals surface area (Å²) in [6.45, 7) is 3.67. The monoisotopic (exact) mass is 500 g/mol. The highest BCUT2D eigenvalue weighted by atomic mass is 16.5. The number of hydrogen-bond donors (Lipinski definition) is 1. The van der Waals surface area contributed by atoms with Gasteiger partial charge in [0.25, 0.3) is 0 Å². The lowest BCUT2D eigenvalue weighted by molar-refractivity contribution is -0.129. The number of amides is 2. The van der Waals surface area contributed by atoms with Gasteiger partial charge in [0.1, 0.15) is 5.75 Å². The number of anilines is 1. The number of carbonyl (C=O) groups is 2. The standard InChI is InChI=1S/C27H36N2O7/c1-6-36-15-7-14-28-27(31)21-12-13-24(30)29(25(21)18-8-10-20(32-2)11-9-18)19-16-22(33-3)26(35-5)23(17-19)34-4/h8-11,16-17,21,25H,6-7,12-15H2,1-5H3,(H,28,31). The van der Waals surface area contributed by atoms with Crippen molar-refractivity contribution >= 4 is 17.5 Å². The Kier molecular flexibility index (Phi) is 9.81. The molecule has 1 fully saturated rings. The third-order valence-electron chi connectivity index (χ3n) is 6.29. The van der Waals surface area contributed by atoms with E-state index in [0.29, 0.717) is 54.9 Å². The van der Waals surface area contributed by atoms with Crippen molar-refractivity contribution in [3.05, 3.63) is 42.0 Å². The summed E-state index contributed by atoms with van der Waals surface area (Å²) >= 11 is 0. The Morgan fingerprint density at radius 3 is 2.22 bits per heavy atom.